The summed E-state index contributed by atoms with van der Waals surface area (Å²) in [6.07, 6.45) is -0.966. The first-order valence-corrected chi connectivity index (χ1v) is 7.56. The Hall–Kier alpha value is -3.08. The second kappa shape index (κ2) is 6.09. The Balaban J connectivity index is 1.92. The average molecular weight is 344 g/mol. The molecular weight excluding hydrogens is 330 g/mol. The van der Waals surface area contributed by atoms with Crippen molar-refractivity contribution >= 4 is 22.7 Å². The monoisotopic (exact) mass is 344 g/mol. The van der Waals surface area contributed by atoms with Crippen LogP contribution in [0.1, 0.15) is 22.5 Å². The fourth-order valence-corrected chi connectivity index (χ4v) is 2.98. The molecule has 0 aliphatic carbocycles. The highest BCUT2D eigenvalue weighted by Crippen LogP contribution is 2.32. The van der Waals surface area contributed by atoms with Gasteiger partial charge in [0.1, 0.15) is 6.04 Å². The Morgan fingerprint density at radius 3 is 2.80 bits per heavy atom. The molecule has 2 N–H and O–H groups in total. The van der Waals surface area contributed by atoms with Crippen LogP contribution in [-0.2, 0) is 11.2 Å². The summed E-state index contributed by atoms with van der Waals surface area (Å²) in [5.41, 5.74) is 6.30. The molecule has 1 aliphatic heterocycles. The minimum Gasteiger partial charge on any atom is -0.366 e. The lowest BCUT2D eigenvalue weighted by molar-refractivity contribution is -0.131. The summed E-state index contributed by atoms with van der Waals surface area (Å²) in [4.78, 5) is 29.2. The largest absolute Gasteiger partial charge is 0.366 e. The van der Waals surface area contributed by atoms with E-state index in [1.54, 1.807) is 30.3 Å². The standard InChI is InChI=1S/C17H14F2N4O2/c18-17(19)7-11(8-20)23(9-17)15(24)6-10-5-13(16(21)25)12-3-1-2-4-14(12)22-10/h1-5,11H,6-7,9H2,(H2,21,25)/t11-/m1/s1. The number of nitriles is 1. The van der Waals surface area contributed by atoms with Crippen LogP contribution in [0.25, 0.3) is 10.9 Å². The molecule has 25 heavy (non-hydrogen) atoms. The number of benzene rings is 1. The smallest absolute Gasteiger partial charge is 0.268 e. The summed E-state index contributed by atoms with van der Waals surface area (Å²) in [5.74, 6) is -4.39. The molecule has 0 saturated carbocycles. The molecule has 0 radical (unpaired) electrons. The number of likely N-dealkylation sites (tertiary alicyclic amines) is 1. The van der Waals surface area contributed by atoms with Crippen LogP contribution in [0, 0.1) is 11.3 Å². The molecule has 1 aliphatic rings. The number of nitrogens with zero attached hydrogens (tertiary/aromatic N) is 3. The molecular formula is C17H14F2N4O2. The van der Waals surface area contributed by atoms with Crippen molar-refractivity contribution in [1.82, 2.24) is 9.88 Å². The van der Waals surface area contributed by atoms with Gasteiger partial charge in [-0.3, -0.25) is 14.6 Å². The third-order valence-electron chi connectivity index (χ3n) is 4.11. The molecule has 2 aromatic rings. The van der Waals surface area contributed by atoms with Gasteiger partial charge in [0.05, 0.1) is 35.8 Å². The summed E-state index contributed by atoms with van der Waals surface area (Å²) >= 11 is 0. The van der Waals surface area contributed by atoms with Crippen molar-refractivity contribution in [3.8, 4) is 6.07 Å². The molecule has 0 bridgehead atoms. The van der Waals surface area contributed by atoms with Gasteiger partial charge >= 0.3 is 0 Å². The van der Waals surface area contributed by atoms with Gasteiger partial charge in [-0.2, -0.15) is 5.26 Å². The van der Waals surface area contributed by atoms with Crippen molar-refractivity contribution in [3.05, 3.63) is 41.6 Å². The van der Waals surface area contributed by atoms with Crippen LogP contribution in [0.15, 0.2) is 30.3 Å². The van der Waals surface area contributed by atoms with Crippen molar-refractivity contribution in [3.63, 3.8) is 0 Å². The second-order valence-corrected chi connectivity index (χ2v) is 5.95. The van der Waals surface area contributed by atoms with E-state index in [9.17, 15) is 18.4 Å². The van der Waals surface area contributed by atoms with Crippen molar-refractivity contribution in [1.29, 1.82) is 5.26 Å². The highest BCUT2D eigenvalue weighted by molar-refractivity contribution is 6.05. The van der Waals surface area contributed by atoms with Crippen LogP contribution in [0.2, 0.25) is 0 Å². The Morgan fingerprint density at radius 2 is 2.12 bits per heavy atom. The fraction of sp³-hybridized carbons (Fsp3) is 0.294. The molecule has 6 nitrogen and oxygen atoms in total. The molecule has 0 unspecified atom stereocenters. The van der Waals surface area contributed by atoms with E-state index < -0.39 is 36.7 Å². The predicted molar refractivity (Wildman–Crippen MR) is 84.6 cm³/mol. The van der Waals surface area contributed by atoms with Crippen LogP contribution >= 0.6 is 0 Å². The summed E-state index contributed by atoms with van der Waals surface area (Å²) < 4.78 is 27.0. The third-order valence-corrected chi connectivity index (χ3v) is 4.11. The average Bonchev–Trinajstić information content (AvgIpc) is 2.89. The van der Waals surface area contributed by atoms with E-state index in [1.165, 1.54) is 6.07 Å². The first kappa shape index (κ1) is 16.8. The van der Waals surface area contributed by atoms with Crippen molar-refractivity contribution in [2.45, 2.75) is 24.8 Å². The van der Waals surface area contributed by atoms with E-state index in [0.717, 1.165) is 4.90 Å². The number of hydrogen-bond donors (Lipinski definition) is 1. The lowest BCUT2D eigenvalue weighted by Crippen LogP contribution is -2.37. The number of aromatic nitrogens is 1. The first-order valence-electron chi connectivity index (χ1n) is 7.56. The van der Waals surface area contributed by atoms with Gasteiger partial charge in [0, 0.05) is 11.8 Å². The lowest BCUT2D eigenvalue weighted by atomic mass is 10.1. The van der Waals surface area contributed by atoms with E-state index in [0.29, 0.717) is 10.9 Å². The van der Waals surface area contributed by atoms with Gasteiger partial charge in [0.25, 0.3) is 5.92 Å². The minimum atomic E-state index is -3.08. The van der Waals surface area contributed by atoms with E-state index in [2.05, 4.69) is 4.98 Å². The Bertz CT molecular complexity index is 907. The van der Waals surface area contributed by atoms with Crippen LogP contribution in [0.3, 0.4) is 0 Å². The maximum Gasteiger partial charge on any atom is 0.268 e. The quantitative estimate of drug-likeness (QED) is 0.914. The molecule has 128 valence electrons. The zero-order chi connectivity index (χ0) is 18.2. The molecule has 8 heteroatoms. The van der Waals surface area contributed by atoms with Crippen LogP contribution in [-0.4, -0.2) is 40.2 Å². The van der Waals surface area contributed by atoms with E-state index in [1.807, 2.05) is 0 Å². The molecule has 1 aromatic heterocycles. The van der Waals surface area contributed by atoms with E-state index >= 15 is 0 Å². The zero-order valence-corrected chi connectivity index (χ0v) is 13.1. The molecule has 2 heterocycles. The number of carbonyl (C=O) groups is 2. The van der Waals surface area contributed by atoms with E-state index in [4.69, 9.17) is 11.0 Å². The summed E-state index contributed by atoms with van der Waals surface area (Å²) in [6, 6.07) is 8.74. The molecule has 3 rings (SSSR count). The van der Waals surface area contributed by atoms with Crippen LogP contribution in [0.5, 0.6) is 0 Å². The minimum absolute atomic E-state index is 0.206. The molecule has 1 aromatic carbocycles. The number of para-hydroxylation sites is 1. The maximum absolute atomic E-state index is 13.5. The Labute approximate surface area is 141 Å². The Morgan fingerprint density at radius 1 is 1.40 bits per heavy atom. The molecule has 1 fully saturated rings. The number of amides is 2. The SMILES string of the molecule is N#C[C@H]1CC(F)(F)CN1C(=O)Cc1cc(C(N)=O)c2ccccc2n1. The number of halogens is 2. The van der Waals surface area contributed by atoms with E-state index in [-0.39, 0.29) is 17.7 Å². The Kier molecular flexibility index (Phi) is 4.08. The number of nitrogens with two attached hydrogens (primary N) is 1. The molecule has 2 amide bonds. The van der Waals surface area contributed by atoms with Crippen molar-refractivity contribution < 1.29 is 18.4 Å². The normalized spacial score (nSPS) is 18.9. The number of pyridine rings is 1. The number of primary amides is 1. The summed E-state index contributed by atoms with van der Waals surface area (Å²) in [7, 11) is 0. The summed E-state index contributed by atoms with van der Waals surface area (Å²) in [5, 5.41) is 9.54. The van der Waals surface area contributed by atoms with Crippen molar-refractivity contribution in [2.75, 3.05) is 6.54 Å². The number of fused-ring (bicyclic) bond motifs is 1. The van der Waals surface area contributed by atoms with Gasteiger partial charge in [0.15, 0.2) is 0 Å². The van der Waals surface area contributed by atoms with Crippen LogP contribution < -0.4 is 5.73 Å². The highest BCUT2D eigenvalue weighted by Gasteiger charge is 2.47. The lowest BCUT2D eigenvalue weighted by Gasteiger charge is -2.19. The number of alkyl halides is 2. The van der Waals surface area contributed by atoms with Gasteiger partial charge in [-0.1, -0.05) is 18.2 Å². The molecule has 1 atom stereocenters. The number of rotatable bonds is 3. The van der Waals surface area contributed by atoms with Crippen LogP contribution in [0.4, 0.5) is 8.78 Å². The number of carbonyl (C=O) groups excluding carboxylic acids is 2. The van der Waals surface area contributed by atoms with Gasteiger partial charge in [-0.05, 0) is 12.1 Å². The first-order chi connectivity index (χ1) is 11.8. The topological polar surface area (TPSA) is 100 Å². The second-order valence-electron chi connectivity index (χ2n) is 5.95. The van der Waals surface area contributed by atoms with Gasteiger partial charge < -0.3 is 10.6 Å². The highest BCUT2D eigenvalue weighted by atomic mass is 19.3. The summed E-state index contributed by atoms with van der Waals surface area (Å²) in [6.45, 7) is -0.791. The molecule has 0 spiro atoms. The molecule has 1 saturated heterocycles. The number of hydrogen-bond acceptors (Lipinski definition) is 4. The van der Waals surface area contributed by atoms with Gasteiger partial charge in [-0.25, -0.2) is 8.78 Å². The predicted octanol–water partition coefficient (Wildman–Crippen LogP) is 1.64. The van der Waals surface area contributed by atoms with Gasteiger partial charge in [-0.15, -0.1) is 0 Å². The van der Waals surface area contributed by atoms with Gasteiger partial charge in [0.2, 0.25) is 11.8 Å². The zero-order valence-electron chi connectivity index (χ0n) is 13.1. The van der Waals surface area contributed by atoms with Crippen molar-refractivity contribution in [2.24, 2.45) is 5.73 Å². The fourth-order valence-electron chi connectivity index (χ4n) is 2.98. The third kappa shape index (κ3) is 3.26. The maximum atomic E-state index is 13.5.